The summed E-state index contributed by atoms with van der Waals surface area (Å²) in [6.45, 7) is 8.66. The molecule has 0 aliphatic carbocycles. The second-order valence-corrected chi connectivity index (χ2v) is 11.3. The van der Waals surface area contributed by atoms with Crippen LogP contribution in [-0.4, -0.2) is 81.7 Å². The van der Waals surface area contributed by atoms with Crippen LogP contribution in [0.1, 0.15) is 26.5 Å². The second-order valence-electron chi connectivity index (χ2n) is 8.80. The summed E-state index contributed by atoms with van der Waals surface area (Å²) in [4.78, 5) is 69.3. The van der Waals surface area contributed by atoms with Crippen molar-refractivity contribution >= 4 is 51.1 Å². The van der Waals surface area contributed by atoms with E-state index in [1.165, 1.54) is 41.0 Å². The summed E-state index contributed by atoms with van der Waals surface area (Å²) in [5, 5.41) is 13.6. The molecule has 8 N–H and O–H groups in total. The Kier molecular flexibility index (Phi) is 11.8. The molecule has 1 saturated heterocycles. The number of nitrogens with one attached hydrogen (secondary N) is 6. The van der Waals surface area contributed by atoms with Gasteiger partial charge in [0.1, 0.15) is 18.1 Å². The molecule has 37 heavy (non-hydrogen) atoms. The van der Waals surface area contributed by atoms with Gasteiger partial charge in [0.25, 0.3) is 0 Å². The van der Waals surface area contributed by atoms with Crippen molar-refractivity contribution < 1.29 is 24.0 Å². The molecular weight excluding hydrogens is 520 g/mol. The number of rotatable bonds is 5. The predicted molar refractivity (Wildman–Crippen MR) is 142 cm³/mol. The molecule has 0 bridgehead atoms. The molecular formula is C22H34N8O5S2. The van der Waals surface area contributed by atoms with Crippen LogP contribution in [0.2, 0.25) is 0 Å². The van der Waals surface area contributed by atoms with E-state index < -0.39 is 53.7 Å². The number of carbonyl (C=O) groups is 5. The van der Waals surface area contributed by atoms with Crippen molar-refractivity contribution in [3.05, 3.63) is 30.5 Å². The largest absolute Gasteiger partial charge is 0.375 e. The Bertz CT molecular complexity index is 988. The SMILES string of the molecule is C=C1N[C@H](C(N)=O)CSSCC(NC(C)=O)C(=O)N[C@@H](Cc2cnc[nH]2)C(=O)NCC(=O)N[C@H]1C(C)C. The van der Waals surface area contributed by atoms with Crippen molar-refractivity contribution in [2.24, 2.45) is 11.7 Å². The van der Waals surface area contributed by atoms with Crippen molar-refractivity contribution in [3.63, 3.8) is 0 Å². The third-order valence-electron chi connectivity index (χ3n) is 5.34. The zero-order valence-electron chi connectivity index (χ0n) is 21.0. The second kappa shape index (κ2) is 14.5. The van der Waals surface area contributed by atoms with Crippen LogP contribution >= 0.6 is 21.6 Å². The van der Waals surface area contributed by atoms with E-state index in [4.69, 9.17) is 5.73 Å². The molecule has 0 radical (unpaired) electrons. The number of amides is 5. The highest BCUT2D eigenvalue weighted by molar-refractivity contribution is 8.76. The lowest BCUT2D eigenvalue weighted by Gasteiger charge is -2.28. The average Bonchev–Trinajstić information content (AvgIpc) is 3.33. The van der Waals surface area contributed by atoms with Gasteiger partial charge in [-0.15, -0.1) is 0 Å². The Labute approximate surface area is 223 Å². The maximum Gasteiger partial charge on any atom is 0.244 e. The predicted octanol–water partition coefficient (Wildman–Crippen LogP) is -1.45. The summed E-state index contributed by atoms with van der Waals surface area (Å²) in [7, 11) is 2.54. The van der Waals surface area contributed by atoms with E-state index >= 15 is 0 Å². The van der Waals surface area contributed by atoms with Crippen LogP contribution in [0.4, 0.5) is 0 Å². The van der Waals surface area contributed by atoms with Crippen LogP contribution in [0, 0.1) is 5.92 Å². The topological polar surface area (TPSA) is 200 Å². The Morgan fingerprint density at radius 3 is 2.46 bits per heavy atom. The van der Waals surface area contributed by atoms with Gasteiger partial charge in [-0.05, 0) is 5.92 Å². The molecule has 1 unspecified atom stereocenters. The van der Waals surface area contributed by atoms with Crippen LogP contribution in [-0.2, 0) is 30.4 Å². The minimum atomic E-state index is -1.04. The van der Waals surface area contributed by atoms with Gasteiger partial charge in [-0.3, -0.25) is 24.0 Å². The molecule has 2 rings (SSSR count). The zero-order chi connectivity index (χ0) is 27.5. The van der Waals surface area contributed by atoms with Crippen molar-refractivity contribution in [2.75, 3.05) is 18.1 Å². The number of aromatic amines is 1. The number of nitrogens with zero attached hydrogens (tertiary/aromatic N) is 1. The summed E-state index contributed by atoms with van der Waals surface area (Å²) in [6.07, 6.45) is 3.05. The van der Waals surface area contributed by atoms with E-state index in [0.717, 1.165) is 0 Å². The number of carbonyl (C=O) groups excluding carboxylic acids is 5. The number of nitrogens with two attached hydrogens (primary N) is 1. The number of hydrogen-bond donors (Lipinski definition) is 7. The molecule has 0 aromatic carbocycles. The van der Waals surface area contributed by atoms with Crippen molar-refractivity contribution in [3.8, 4) is 0 Å². The molecule has 4 atom stereocenters. The monoisotopic (exact) mass is 554 g/mol. The first-order chi connectivity index (χ1) is 17.5. The maximum absolute atomic E-state index is 13.0. The summed E-state index contributed by atoms with van der Waals surface area (Å²) in [6, 6.07) is -3.32. The molecule has 1 aliphatic heterocycles. The van der Waals surface area contributed by atoms with Crippen LogP contribution in [0.3, 0.4) is 0 Å². The number of imidazole rings is 1. The molecule has 1 aliphatic rings. The van der Waals surface area contributed by atoms with Crippen molar-refractivity contribution in [2.45, 2.75) is 51.4 Å². The van der Waals surface area contributed by atoms with Gasteiger partial charge in [0.15, 0.2) is 0 Å². The van der Waals surface area contributed by atoms with Crippen LogP contribution in [0.15, 0.2) is 24.8 Å². The summed E-state index contributed by atoms with van der Waals surface area (Å²) >= 11 is 0. The molecule has 1 aromatic heterocycles. The van der Waals surface area contributed by atoms with Gasteiger partial charge in [-0.25, -0.2) is 4.98 Å². The first-order valence-electron chi connectivity index (χ1n) is 11.6. The zero-order valence-corrected chi connectivity index (χ0v) is 22.6. The third-order valence-corrected chi connectivity index (χ3v) is 7.77. The standard InChI is InChI=1S/C22H34N8O5S2/c1-11(2)19-12(3)27-16(20(23)33)8-36-37-9-17(28-13(4)31)22(35)29-15(5-14-6-24-10-26-14)21(34)25-7-18(32)30-19/h6,10-11,15-17,19,27H,3,5,7-9H2,1-2,4H3,(H2,23,33)(H,24,26)(H,25,34)(H,28,31)(H,29,35)(H,30,32)/t15-,16-,17?,19-/m0/s1. The Morgan fingerprint density at radius 2 is 1.86 bits per heavy atom. The number of aromatic nitrogens is 2. The lowest BCUT2D eigenvalue weighted by molar-refractivity contribution is -0.132. The Morgan fingerprint density at radius 1 is 1.16 bits per heavy atom. The molecule has 5 amide bonds. The molecule has 0 saturated carbocycles. The van der Waals surface area contributed by atoms with Gasteiger partial charge in [0.2, 0.25) is 29.5 Å². The molecule has 0 spiro atoms. The number of H-pyrrole nitrogens is 1. The fraction of sp³-hybridized carbons (Fsp3) is 0.545. The normalized spacial score (nSPS) is 24.8. The number of hydrogen-bond acceptors (Lipinski definition) is 9. The highest BCUT2D eigenvalue weighted by Crippen LogP contribution is 2.24. The van der Waals surface area contributed by atoms with E-state index in [1.54, 1.807) is 0 Å². The lowest BCUT2D eigenvalue weighted by atomic mass is 10.0. The highest BCUT2D eigenvalue weighted by atomic mass is 33.1. The first-order valence-corrected chi connectivity index (χ1v) is 14.1. The van der Waals surface area contributed by atoms with Gasteiger partial charge in [-0.1, -0.05) is 42.0 Å². The summed E-state index contributed by atoms with van der Waals surface area (Å²) < 4.78 is 0. The smallest absolute Gasteiger partial charge is 0.244 e. The minimum Gasteiger partial charge on any atom is -0.375 e. The third kappa shape index (κ3) is 9.99. The quantitative estimate of drug-likeness (QED) is 0.213. The lowest BCUT2D eigenvalue weighted by Crippen LogP contribution is -2.56. The fourth-order valence-electron chi connectivity index (χ4n) is 3.44. The molecule has 2 heterocycles. The van der Waals surface area contributed by atoms with Crippen molar-refractivity contribution in [1.29, 1.82) is 0 Å². The highest BCUT2D eigenvalue weighted by Gasteiger charge is 2.29. The fourth-order valence-corrected chi connectivity index (χ4v) is 5.78. The van der Waals surface area contributed by atoms with Crippen LogP contribution < -0.4 is 32.3 Å². The maximum atomic E-state index is 13.0. The molecule has 1 fully saturated rings. The molecule has 1 aromatic rings. The van der Waals surface area contributed by atoms with Crippen LogP contribution in [0.5, 0.6) is 0 Å². The minimum absolute atomic E-state index is 0.0804. The van der Waals surface area contributed by atoms with E-state index in [0.29, 0.717) is 11.4 Å². The number of primary amides is 1. The Balaban J connectivity index is 2.30. The van der Waals surface area contributed by atoms with Gasteiger partial charge in [-0.2, -0.15) is 0 Å². The summed E-state index contributed by atoms with van der Waals surface area (Å²) in [5.74, 6) is -2.34. The molecule has 204 valence electrons. The van der Waals surface area contributed by atoms with E-state index in [2.05, 4.69) is 43.1 Å². The average molecular weight is 555 g/mol. The van der Waals surface area contributed by atoms with Gasteiger partial charge < -0.3 is 37.3 Å². The van der Waals surface area contributed by atoms with Crippen molar-refractivity contribution in [1.82, 2.24) is 36.6 Å². The van der Waals surface area contributed by atoms with E-state index in [1.807, 2.05) is 13.8 Å². The Hall–Kier alpha value is -3.20. The van der Waals surface area contributed by atoms with Gasteiger partial charge in [0.05, 0.1) is 18.9 Å². The van der Waals surface area contributed by atoms with E-state index in [9.17, 15) is 24.0 Å². The van der Waals surface area contributed by atoms with Gasteiger partial charge in [0, 0.05) is 42.4 Å². The molecule has 13 nitrogen and oxygen atoms in total. The van der Waals surface area contributed by atoms with E-state index in [-0.39, 0.29) is 30.4 Å². The van der Waals surface area contributed by atoms with Crippen LogP contribution in [0.25, 0.3) is 0 Å². The first kappa shape index (κ1) is 30.0. The summed E-state index contributed by atoms with van der Waals surface area (Å²) in [5.41, 5.74) is 6.55. The molecule has 15 heteroatoms. The van der Waals surface area contributed by atoms with Gasteiger partial charge >= 0.3 is 0 Å².